The van der Waals surface area contributed by atoms with Gasteiger partial charge in [0.25, 0.3) is 0 Å². The monoisotopic (exact) mass is 224 g/mol. The van der Waals surface area contributed by atoms with Crippen molar-refractivity contribution in [1.82, 2.24) is 0 Å². The fraction of sp³-hybridized carbons (Fsp3) is 0.250. The van der Waals surface area contributed by atoms with Crippen LogP contribution in [0.15, 0.2) is 30.8 Å². The minimum absolute atomic E-state index is 0.00190. The Hall–Kier alpha value is -1.68. The van der Waals surface area contributed by atoms with Gasteiger partial charge in [0.15, 0.2) is 6.10 Å². The number of esters is 1. The molecule has 16 heavy (non-hydrogen) atoms. The van der Waals surface area contributed by atoms with Gasteiger partial charge in [-0.05, 0) is 11.1 Å². The van der Waals surface area contributed by atoms with Crippen molar-refractivity contribution in [1.29, 1.82) is 0 Å². The van der Waals surface area contributed by atoms with Crippen molar-refractivity contribution in [3.8, 4) is 0 Å². The highest BCUT2D eigenvalue weighted by molar-refractivity contribution is 5.74. The first-order valence-electron chi connectivity index (χ1n) is 4.80. The minimum atomic E-state index is -1.70. The van der Waals surface area contributed by atoms with Crippen molar-refractivity contribution >= 4 is 12.0 Å². The summed E-state index contributed by atoms with van der Waals surface area (Å²) < 4.78 is 16.7. The quantitative estimate of drug-likeness (QED) is 0.774. The lowest BCUT2D eigenvalue weighted by Gasteiger charge is -2.09. The fourth-order valence-electron chi connectivity index (χ4n) is 1.17. The predicted octanol–water partition coefficient (Wildman–Crippen LogP) is 1.70. The van der Waals surface area contributed by atoms with Gasteiger partial charge in [-0.3, -0.25) is 0 Å². The van der Waals surface area contributed by atoms with E-state index in [0.717, 1.165) is 11.1 Å². The number of alkyl halides is 1. The van der Waals surface area contributed by atoms with E-state index in [2.05, 4.69) is 6.58 Å². The molecule has 0 aliphatic heterocycles. The zero-order valence-electron chi connectivity index (χ0n) is 8.73. The van der Waals surface area contributed by atoms with E-state index in [1.165, 1.54) is 0 Å². The summed E-state index contributed by atoms with van der Waals surface area (Å²) in [6, 6.07) is 7.22. The average Bonchev–Trinajstić information content (AvgIpc) is 2.35. The molecule has 0 amide bonds. The van der Waals surface area contributed by atoms with E-state index < -0.39 is 18.7 Å². The first-order valence-corrected chi connectivity index (χ1v) is 4.80. The fourth-order valence-corrected chi connectivity index (χ4v) is 1.17. The van der Waals surface area contributed by atoms with Gasteiger partial charge in [-0.2, -0.15) is 0 Å². The first-order chi connectivity index (χ1) is 7.69. The maximum absolute atomic E-state index is 11.9. The molecule has 0 radical (unpaired) electrons. The standard InChI is InChI=1S/C12H13FO3/c1-2-9-5-3-4-6-10(9)8-16-12(15)11(14)7-13/h2-6,11,14H,1,7-8H2. The summed E-state index contributed by atoms with van der Waals surface area (Å²) in [6.07, 6.45) is -0.0646. The first kappa shape index (κ1) is 12.4. The van der Waals surface area contributed by atoms with Crippen LogP contribution in [-0.2, 0) is 16.1 Å². The number of carbonyl (C=O) groups is 1. The van der Waals surface area contributed by atoms with Gasteiger partial charge in [0.2, 0.25) is 0 Å². The van der Waals surface area contributed by atoms with Gasteiger partial charge in [0.05, 0.1) is 0 Å². The lowest BCUT2D eigenvalue weighted by atomic mass is 10.1. The zero-order valence-corrected chi connectivity index (χ0v) is 8.73. The molecule has 0 spiro atoms. The summed E-state index contributed by atoms with van der Waals surface area (Å²) in [7, 11) is 0. The van der Waals surface area contributed by atoms with Crippen LogP contribution in [0.4, 0.5) is 4.39 Å². The molecular weight excluding hydrogens is 211 g/mol. The van der Waals surface area contributed by atoms with Crippen LogP contribution in [0.3, 0.4) is 0 Å². The summed E-state index contributed by atoms with van der Waals surface area (Å²) in [5, 5.41) is 8.86. The van der Waals surface area contributed by atoms with Crippen molar-refractivity contribution in [3.63, 3.8) is 0 Å². The maximum Gasteiger partial charge on any atom is 0.338 e. The van der Waals surface area contributed by atoms with E-state index in [0.29, 0.717) is 0 Å². The molecular formula is C12H13FO3. The van der Waals surface area contributed by atoms with Gasteiger partial charge in [0, 0.05) is 0 Å². The third-order valence-electron chi connectivity index (χ3n) is 2.06. The van der Waals surface area contributed by atoms with Gasteiger partial charge >= 0.3 is 5.97 Å². The molecule has 3 nitrogen and oxygen atoms in total. The molecule has 0 saturated heterocycles. The number of aliphatic hydroxyl groups excluding tert-OH is 1. The Bertz CT molecular complexity index is 376. The highest BCUT2D eigenvalue weighted by Gasteiger charge is 2.16. The molecule has 0 heterocycles. The molecule has 1 aromatic carbocycles. The third kappa shape index (κ3) is 3.17. The maximum atomic E-state index is 11.9. The number of hydrogen-bond donors (Lipinski definition) is 1. The number of ether oxygens (including phenoxy) is 1. The van der Waals surface area contributed by atoms with Gasteiger partial charge in [-0.1, -0.05) is 36.9 Å². The minimum Gasteiger partial charge on any atom is -0.459 e. The zero-order chi connectivity index (χ0) is 12.0. The summed E-state index contributed by atoms with van der Waals surface area (Å²) >= 11 is 0. The van der Waals surface area contributed by atoms with Crippen molar-refractivity contribution in [2.75, 3.05) is 6.67 Å². The number of benzene rings is 1. The van der Waals surface area contributed by atoms with Crippen LogP contribution in [-0.4, -0.2) is 23.9 Å². The molecule has 0 aromatic heterocycles. The Kier molecular flexibility index (Phi) is 4.66. The molecule has 1 aromatic rings. The van der Waals surface area contributed by atoms with Crippen LogP contribution >= 0.6 is 0 Å². The smallest absolute Gasteiger partial charge is 0.338 e. The number of carbonyl (C=O) groups excluding carboxylic acids is 1. The molecule has 0 saturated carbocycles. The Morgan fingerprint density at radius 1 is 1.56 bits per heavy atom. The molecule has 1 N–H and O–H groups in total. The van der Waals surface area contributed by atoms with Gasteiger partial charge in [-0.15, -0.1) is 0 Å². The molecule has 0 aliphatic rings. The second-order valence-electron chi connectivity index (χ2n) is 3.18. The molecule has 4 heteroatoms. The van der Waals surface area contributed by atoms with Gasteiger partial charge in [-0.25, -0.2) is 9.18 Å². The Morgan fingerprint density at radius 2 is 2.25 bits per heavy atom. The van der Waals surface area contributed by atoms with E-state index in [-0.39, 0.29) is 6.61 Å². The second-order valence-corrected chi connectivity index (χ2v) is 3.18. The van der Waals surface area contributed by atoms with Crippen LogP contribution in [0.2, 0.25) is 0 Å². The summed E-state index contributed by atoms with van der Waals surface area (Å²) in [5.41, 5.74) is 1.60. The Morgan fingerprint density at radius 3 is 2.88 bits per heavy atom. The second kappa shape index (κ2) is 6.02. The molecule has 1 unspecified atom stereocenters. The summed E-state index contributed by atoms with van der Waals surface area (Å²) in [4.78, 5) is 11.0. The number of halogens is 1. The lowest BCUT2D eigenvalue weighted by Crippen LogP contribution is -2.24. The number of rotatable bonds is 5. The van der Waals surface area contributed by atoms with Crippen molar-refractivity contribution in [3.05, 3.63) is 42.0 Å². The van der Waals surface area contributed by atoms with Crippen molar-refractivity contribution in [2.45, 2.75) is 12.7 Å². The SMILES string of the molecule is C=Cc1ccccc1COC(=O)C(O)CF. The highest BCUT2D eigenvalue weighted by Crippen LogP contribution is 2.11. The van der Waals surface area contributed by atoms with Crippen LogP contribution in [0.1, 0.15) is 11.1 Å². The molecule has 0 fully saturated rings. The van der Waals surface area contributed by atoms with Gasteiger partial charge < -0.3 is 9.84 Å². The van der Waals surface area contributed by atoms with E-state index in [9.17, 15) is 9.18 Å². The van der Waals surface area contributed by atoms with E-state index in [1.54, 1.807) is 18.2 Å². The summed E-state index contributed by atoms with van der Waals surface area (Å²) in [5.74, 6) is -0.957. The van der Waals surface area contributed by atoms with Gasteiger partial charge in [0.1, 0.15) is 13.3 Å². The average molecular weight is 224 g/mol. The molecule has 86 valence electrons. The largest absolute Gasteiger partial charge is 0.459 e. The van der Waals surface area contributed by atoms with E-state index in [1.807, 2.05) is 12.1 Å². The predicted molar refractivity (Wildman–Crippen MR) is 58.3 cm³/mol. The lowest BCUT2D eigenvalue weighted by molar-refractivity contribution is -0.155. The number of hydrogen-bond acceptors (Lipinski definition) is 3. The normalized spacial score (nSPS) is 11.9. The van der Waals surface area contributed by atoms with Crippen LogP contribution in [0, 0.1) is 0 Å². The molecule has 0 aliphatic carbocycles. The Labute approximate surface area is 93.2 Å². The topological polar surface area (TPSA) is 46.5 Å². The van der Waals surface area contributed by atoms with Crippen molar-refractivity contribution in [2.24, 2.45) is 0 Å². The molecule has 0 bridgehead atoms. The van der Waals surface area contributed by atoms with Crippen molar-refractivity contribution < 1.29 is 19.0 Å². The van der Waals surface area contributed by atoms with E-state index >= 15 is 0 Å². The Balaban J connectivity index is 2.61. The highest BCUT2D eigenvalue weighted by atomic mass is 19.1. The van der Waals surface area contributed by atoms with Crippen LogP contribution in [0.25, 0.3) is 6.08 Å². The molecule has 1 rings (SSSR count). The third-order valence-corrected chi connectivity index (χ3v) is 2.06. The molecule has 1 atom stereocenters. The van der Waals surface area contributed by atoms with Crippen LogP contribution < -0.4 is 0 Å². The van der Waals surface area contributed by atoms with E-state index in [4.69, 9.17) is 9.84 Å². The number of aliphatic hydroxyl groups is 1. The van der Waals surface area contributed by atoms with Crippen LogP contribution in [0.5, 0.6) is 0 Å². The summed E-state index contributed by atoms with van der Waals surface area (Å²) in [6.45, 7) is 2.48.